The van der Waals surface area contributed by atoms with Gasteiger partial charge in [0.05, 0.1) is 0 Å². The number of thioether (sulfide) groups is 1. The van der Waals surface area contributed by atoms with Gasteiger partial charge in [-0.3, -0.25) is 4.79 Å². The zero-order valence-electron chi connectivity index (χ0n) is 9.80. The summed E-state index contributed by atoms with van der Waals surface area (Å²) in [5.41, 5.74) is 5.97. The Morgan fingerprint density at radius 3 is 3.00 bits per heavy atom. The van der Waals surface area contributed by atoms with E-state index in [1.54, 1.807) is 6.92 Å². The normalized spacial score (nSPS) is 13.6. The number of nitrogens with one attached hydrogen (secondary N) is 1. The minimum Gasteiger partial charge on any atom is -0.409 e. The molecular formula is C10H16N4O2S. The van der Waals surface area contributed by atoms with Gasteiger partial charge in [0.15, 0.2) is 5.16 Å². The number of rotatable bonds is 5. The number of H-pyrrole nitrogens is 1. The van der Waals surface area contributed by atoms with Crippen LogP contribution in [0.1, 0.15) is 25.5 Å². The topological polar surface area (TPSA) is 104 Å². The van der Waals surface area contributed by atoms with Crippen LogP contribution in [0.4, 0.5) is 0 Å². The highest BCUT2D eigenvalue weighted by molar-refractivity contribution is 7.99. The number of oxime groups is 1. The summed E-state index contributed by atoms with van der Waals surface area (Å²) < 4.78 is 0. The lowest BCUT2D eigenvalue weighted by Gasteiger charge is -2.12. The highest BCUT2D eigenvalue weighted by atomic mass is 32.2. The van der Waals surface area contributed by atoms with E-state index in [0.29, 0.717) is 17.3 Å². The fourth-order valence-electron chi connectivity index (χ4n) is 1.31. The van der Waals surface area contributed by atoms with Crippen LogP contribution in [0.5, 0.6) is 0 Å². The molecule has 0 bridgehead atoms. The molecule has 0 spiro atoms. The third-order valence-electron chi connectivity index (χ3n) is 2.15. The van der Waals surface area contributed by atoms with Crippen molar-refractivity contribution in [3.63, 3.8) is 0 Å². The molecule has 0 aliphatic carbocycles. The Labute approximate surface area is 103 Å². The molecule has 0 aliphatic heterocycles. The van der Waals surface area contributed by atoms with Crippen molar-refractivity contribution in [2.24, 2.45) is 10.9 Å². The van der Waals surface area contributed by atoms with E-state index in [0.717, 1.165) is 6.42 Å². The molecule has 0 amide bonds. The molecule has 1 aromatic heterocycles. The zero-order valence-corrected chi connectivity index (χ0v) is 10.6. The monoisotopic (exact) mass is 256 g/mol. The molecule has 1 unspecified atom stereocenters. The van der Waals surface area contributed by atoms with Crippen molar-refractivity contribution in [2.75, 3.05) is 0 Å². The summed E-state index contributed by atoms with van der Waals surface area (Å²) in [4.78, 5) is 18.1. The fraction of sp³-hybridized carbons (Fsp3) is 0.500. The molecule has 0 aliphatic rings. The van der Waals surface area contributed by atoms with Crippen LogP contribution in [0.3, 0.4) is 0 Å². The van der Waals surface area contributed by atoms with Crippen LogP contribution in [0, 0.1) is 6.92 Å². The Bertz CT molecular complexity index is 458. The van der Waals surface area contributed by atoms with E-state index < -0.39 is 0 Å². The van der Waals surface area contributed by atoms with Gasteiger partial charge >= 0.3 is 0 Å². The van der Waals surface area contributed by atoms with Crippen molar-refractivity contribution in [3.05, 3.63) is 22.1 Å². The van der Waals surface area contributed by atoms with Gasteiger partial charge in [-0.2, -0.15) is 0 Å². The molecule has 4 N–H and O–H groups in total. The van der Waals surface area contributed by atoms with Gasteiger partial charge in [0.25, 0.3) is 5.56 Å². The summed E-state index contributed by atoms with van der Waals surface area (Å²) in [7, 11) is 0. The maximum atomic E-state index is 11.3. The molecule has 1 atom stereocenters. The first-order valence-electron chi connectivity index (χ1n) is 5.26. The van der Waals surface area contributed by atoms with E-state index >= 15 is 0 Å². The summed E-state index contributed by atoms with van der Waals surface area (Å²) in [6, 6.07) is 1.44. The molecule has 0 aromatic carbocycles. The van der Waals surface area contributed by atoms with Crippen molar-refractivity contribution in [2.45, 2.75) is 37.1 Å². The lowest BCUT2D eigenvalue weighted by Crippen LogP contribution is -2.19. The maximum Gasteiger partial charge on any atom is 0.251 e. The van der Waals surface area contributed by atoms with Crippen LogP contribution in [0.15, 0.2) is 21.2 Å². The van der Waals surface area contributed by atoms with Gasteiger partial charge in [0, 0.05) is 23.4 Å². The van der Waals surface area contributed by atoms with Gasteiger partial charge in [-0.05, 0) is 13.3 Å². The van der Waals surface area contributed by atoms with Crippen LogP contribution in [0.2, 0.25) is 0 Å². The summed E-state index contributed by atoms with van der Waals surface area (Å²) in [5, 5.41) is 12.1. The summed E-state index contributed by atoms with van der Waals surface area (Å²) in [6.07, 6.45) is 1.29. The van der Waals surface area contributed by atoms with Crippen LogP contribution in [-0.4, -0.2) is 26.3 Å². The number of aryl methyl sites for hydroxylation is 1. The molecule has 0 saturated carbocycles. The van der Waals surface area contributed by atoms with Gasteiger partial charge in [0.2, 0.25) is 0 Å². The summed E-state index contributed by atoms with van der Waals surface area (Å²) >= 11 is 1.42. The first-order chi connectivity index (χ1) is 8.05. The third kappa shape index (κ3) is 4.48. The number of hydrogen-bond donors (Lipinski definition) is 3. The van der Waals surface area contributed by atoms with Crippen LogP contribution < -0.4 is 11.3 Å². The second kappa shape index (κ2) is 6.29. The lowest BCUT2D eigenvalue weighted by atomic mass is 10.2. The zero-order chi connectivity index (χ0) is 12.8. The first-order valence-corrected chi connectivity index (χ1v) is 6.14. The Kier molecular flexibility index (Phi) is 5.02. The minimum atomic E-state index is -0.168. The number of nitrogens with zero attached hydrogens (tertiary/aromatic N) is 2. The Morgan fingerprint density at radius 2 is 2.47 bits per heavy atom. The van der Waals surface area contributed by atoms with Crippen molar-refractivity contribution in [3.8, 4) is 0 Å². The van der Waals surface area contributed by atoms with Crippen molar-refractivity contribution in [1.82, 2.24) is 9.97 Å². The van der Waals surface area contributed by atoms with Gasteiger partial charge in [-0.1, -0.05) is 23.8 Å². The van der Waals surface area contributed by atoms with E-state index in [2.05, 4.69) is 15.1 Å². The summed E-state index contributed by atoms with van der Waals surface area (Å²) in [6.45, 7) is 3.76. The number of aromatic nitrogens is 2. The minimum absolute atomic E-state index is 0.121. The number of nitrogens with two attached hydrogens (primary N) is 1. The maximum absolute atomic E-state index is 11.3. The Hall–Kier alpha value is -1.50. The molecule has 0 saturated heterocycles. The van der Waals surface area contributed by atoms with E-state index in [4.69, 9.17) is 10.9 Å². The van der Waals surface area contributed by atoms with E-state index in [9.17, 15) is 4.79 Å². The molecule has 7 heteroatoms. The Balaban J connectivity index is 2.77. The molecule has 0 fully saturated rings. The smallest absolute Gasteiger partial charge is 0.251 e. The van der Waals surface area contributed by atoms with Crippen molar-refractivity contribution >= 4 is 17.6 Å². The second-order valence-corrected chi connectivity index (χ2v) is 4.92. The molecule has 1 heterocycles. The van der Waals surface area contributed by atoms with E-state index in [-0.39, 0.29) is 16.6 Å². The van der Waals surface area contributed by atoms with Gasteiger partial charge in [0.1, 0.15) is 5.84 Å². The standard InChI is InChI=1S/C10H16N4O2S/c1-3-7(5-8(11)14-16)17-10-12-6(2)4-9(15)13-10/h4,7,16H,3,5H2,1-2H3,(H2,11,14)(H,12,13,15). The lowest BCUT2D eigenvalue weighted by molar-refractivity contribution is 0.316. The molecule has 6 nitrogen and oxygen atoms in total. The first kappa shape index (κ1) is 13.6. The molecule has 94 valence electrons. The van der Waals surface area contributed by atoms with Crippen LogP contribution >= 0.6 is 11.8 Å². The predicted octanol–water partition coefficient (Wildman–Crippen LogP) is 1.09. The third-order valence-corrected chi connectivity index (χ3v) is 3.40. The molecule has 1 rings (SSSR count). The molecule has 0 radical (unpaired) electrons. The van der Waals surface area contributed by atoms with Gasteiger partial charge < -0.3 is 15.9 Å². The number of amidine groups is 1. The predicted molar refractivity (Wildman–Crippen MR) is 67.6 cm³/mol. The molecular weight excluding hydrogens is 240 g/mol. The van der Waals surface area contributed by atoms with Crippen LogP contribution in [-0.2, 0) is 0 Å². The van der Waals surface area contributed by atoms with Crippen molar-refractivity contribution < 1.29 is 5.21 Å². The average Bonchev–Trinajstić information content (AvgIpc) is 2.26. The summed E-state index contributed by atoms with van der Waals surface area (Å²) in [5.74, 6) is 0.180. The molecule has 1 aromatic rings. The van der Waals surface area contributed by atoms with E-state index in [1.807, 2.05) is 6.92 Å². The quantitative estimate of drug-likeness (QED) is 0.183. The SMILES string of the molecule is CCC(C/C(N)=N/O)Sc1nc(C)cc(=O)[nH]1. The fourth-order valence-corrected chi connectivity index (χ4v) is 2.40. The van der Waals surface area contributed by atoms with Gasteiger partial charge in [-0.25, -0.2) is 4.98 Å². The van der Waals surface area contributed by atoms with Crippen LogP contribution in [0.25, 0.3) is 0 Å². The Morgan fingerprint density at radius 1 is 1.76 bits per heavy atom. The average molecular weight is 256 g/mol. The number of hydrogen-bond acceptors (Lipinski definition) is 5. The largest absolute Gasteiger partial charge is 0.409 e. The second-order valence-electron chi connectivity index (χ2n) is 3.64. The molecule has 17 heavy (non-hydrogen) atoms. The highest BCUT2D eigenvalue weighted by Gasteiger charge is 2.12. The van der Waals surface area contributed by atoms with Gasteiger partial charge in [-0.15, -0.1) is 0 Å². The number of aromatic amines is 1. The van der Waals surface area contributed by atoms with Crippen molar-refractivity contribution in [1.29, 1.82) is 0 Å². The van der Waals surface area contributed by atoms with E-state index in [1.165, 1.54) is 17.8 Å². The highest BCUT2D eigenvalue weighted by Crippen LogP contribution is 2.23.